The second-order valence-electron chi connectivity index (χ2n) is 5.98. The Balaban J connectivity index is 0.00000243. The Kier molecular flexibility index (Phi) is 8.50. The number of rotatable bonds is 5. The van der Waals surface area contributed by atoms with E-state index in [9.17, 15) is 0 Å². The van der Waals surface area contributed by atoms with Crippen molar-refractivity contribution in [3.8, 4) is 5.75 Å². The lowest BCUT2D eigenvalue weighted by Crippen LogP contribution is -2.52. The molecule has 1 aliphatic heterocycles. The maximum Gasteiger partial charge on any atom is 0.193 e. The highest BCUT2D eigenvalue weighted by molar-refractivity contribution is 14.0. The molecule has 0 unspecified atom stereocenters. The number of thiophene rings is 1. The van der Waals surface area contributed by atoms with Crippen molar-refractivity contribution in [2.24, 2.45) is 4.99 Å². The van der Waals surface area contributed by atoms with Gasteiger partial charge in [0.05, 0.1) is 7.11 Å². The van der Waals surface area contributed by atoms with Gasteiger partial charge in [-0.1, -0.05) is 6.07 Å². The molecular formula is C19H27IN4OS. The molecule has 1 N–H and O–H groups in total. The molecule has 1 aromatic heterocycles. The number of guanidine groups is 1. The lowest BCUT2D eigenvalue weighted by atomic mass is 10.2. The molecule has 0 amide bonds. The number of aliphatic imine (C=N–C) groups is 1. The summed E-state index contributed by atoms with van der Waals surface area (Å²) in [5.74, 6) is 1.91. The van der Waals surface area contributed by atoms with E-state index in [0.29, 0.717) is 0 Å². The van der Waals surface area contributed by atoms with Crippen molar-refractivity contribution >= 4 is 47.0 Å². The Morgan fingerprint density at radius 1 is 1.15 bits per heavy atom. The van der Waals surface area contributed by atoms with Crippen molar-refractivity contribution in [3.63, 3.8) is 0 Å². The summed E-state index contributed by atoms with van der Waals surface area (Å²) in [5.41, 5.74) is 1.25. The molecule has 142 valence electrons. The van der Waals surface area contributed by atoms with Crippen molar-refractivity contribution < 1.29 is 4.74 Å². The molecule has 26 heavy (non-hydrogen) atoms. The van der Waals surface area contributed by atoms with Gasteiger partial charge in [0.1, 0.15) is 5.75 Å². The first-order valence-electron chi connectivity index (χ1n) is 8.67. The molecule has 1 aliphatic rings. The highest BCUT2D eigenvalue weighted by Crippen LogP contribution is 2.20. The van der Waals surface area contributed by atoms with Gasteiger partial charge in [-0.05, 0) is 42.1 Å². The maximum absolute atomic E-state index is 5.23. The molecule has 0 atom stereocenters. The van der Waals surface area contributed by atoms with Crippen LogP contribution in [0, 0.1) is 0 Å². The van der Waals surface area contributed by atoms with E-state index in [1.165, 1.54) is 10.6 Å². The molecule has 0 bridgehead atoms. The zero-order valence-corrected chi connectivity index (χ0v) is 18.5. The fraction of sp³-hybridized carbons (Fsp3) is 0.421. The van der Waals surface area contributed by atoms with Crippen molar-refractivity contribution in [1.29, 1.82) is 0 Å². The molecule has 5 nitrogen and oxygen atoms in total. The number of nitrogens with zero attached hydrogens (tertiary/aromatic N) is 3. The van der Waals surface area contributed by atoms with E-state index in [0.717, 1.165) is 50.9 Å². The van der Waals surface area contributed by atoms with Crippen molar-refractivity contribution in [3.05, 3.63) is 46.7 Å². The lowest BCUT2D eigenvalue weighted by molar-refractivity contribution is 0.373. The second kappa shape index (κ2) is 10.6. The van der Waals surface area contributed by atoms with Gasteiger partial charge < -0.3 is 19.9 Å². The summed E-state index contributed by atoms with van der Waals surface area (Å²) in [6, 6.07) is 12.6. The summed E-state index contributed by atoms with van der Waals surface area (Å²) in [4.78, 5) is 10.6. The Labute approximate surface area is 177 Å². The highest BCUT2D eigenvalue weighted by Gasteiger charge is 2.19. The standard InChI is InChI=1S/C19H26N4OS.HI/c1-20-19(21-10-9-18-4-3-15-25-18)23-13-11-22(12-14-23)16-5-7-17(24-2)8-6-16;/h3-8,15H,9-14H2,1-2H3,(H,20,21);1H. The van der Waals surface area contributed by atoms with Crippen LogP contribution in [0.3, 0.4) is 0 Å². The summed E-state index contributed by atoms with van der Waals surface area (Å²) in [6.45, 7) is 4.87. The number of hydrogen-bond acceptors (Lipinski definition) is 4. The minimum Gasteiger partial charge on any atom is -0.497 e. The van der Waals surface area contributed by atoms with E-state index in [2.05, 4.69) is 49.8 Å². The predicted molar refractivity (Wildman–Crippen MR) is 122 cm³/mol. The van der Waals surface area contributed by atoms with E-state index in [-0.39, 0.29) is 24.0 Å². The van der Waals surface area contributed by atoms with Crippen LogP contribution in [0.5, 0.6) is 5.75 Å². The molecule has 7 heteroatoms. The van der Waals surface area contributed by atoms with Crippen LogP contribution in [0.1, 0.15) is 4.88 Å². The summed E-state index contributed by atoms with van der Waals surface area (Å²) >= 11 is 1.81. The molecule has 2 heterocycles. The minimum absolute atomic E-state index is 0. The van der Waals surface area contributed by atoms with Crippen LogP contribution in [-0.2, 0) is 6.42 Å². The number of methoxy groups -OCH3 is 1. The smallest absolute Gasteiger partial charge is 0.193 e. The van der Waals surface area contributed by atoms with Gasteiger partial charge in [-0.2, -0.15) is 0 Å². The van der Waals surface area contributed by atoms with Crippen LogP contribution >= 0.6 is 35.3 Å². The number of ether oxygens (including phenoxy) is 1. The number of hydrogen-bond donors (Lipinski definition) is 1. The molecule has 0 saturated carbocycles. The van der Waals surface area contributed by atoms with Crippen molar-refractivity contribution in [2.75, 3.05) is 51.8 Å². The first-order valence-corrected chi connectivity index (χ1v) is 9.55. The number of benzene rings is 1. The van der Waals surface area contributed by atoms with Gasteiger partial charge in [-0.15, -0.1) is 35.3 Å². The van der Waals surface area contributed by atoms with Crippen LogP contribution in [0.4, 0.5) is 5.69 Å². The van der Waals surface area contributed by atoms with Gasteiger partial charge in [0.15, 0.2) is 5.96 Å². The zero-order chi connectivity index (χ0) is 17.5. The van der Waals surface area contributed by atoms with Crippen molar-refractivity contribution in [2.45, 2.75) is 6.42 Å². The summed E-state index contributed by atoms with van der Waals surface area (Å²) in [5, 5.41) is 5.62. The van der Waals surface area contributed by atoms with Crippen LogP contribution in [0.25, 0.3) is 0 Å². The van der Waals surface area contributed by atoms with Crippen LogP contribution < -0.4 is 15.0 Å². The Bertz CT molecular complexity index is 667. The molecule has 0 spiro atoms. The Hall–Kier alpha value is -1.48. The van der Waals surface area contributed by atoms with E-state index in [4.69, 9.17) is 4.74 Å². The highest BCUT2D eigenvalue weighted by atomic mass is 127. The molecule has 3 rings (SSSR count). The van der Waals surface area contributed by atoms with Crippen LogP contribution in [0.15, 0.2) is 46.8 Å². The number of piperazine rings is 1. The quantitative estimate of drug-likeness (QED) is 0.400. The van der Waals surface area contributed by atoms with Gasteiger partial charge in [-0.3, -0.25) is 4.99 Å². The van der Waals surface area contributed by atoms with Gasteiger partial charge in [0.2, 0.25) is 0 Å². The maximum atomic E-state index is 5.23. The minimum atomic E-state index is 0. The third-order valence-corrected chi connectivity index (χ3v) is 5.40. The Morgan fingerprint density at radius 2 is 1.88 bits per heavy atom. The number of nitrogens with one attached hydrogen (secondary N) is 1. The van der Waals surface area contributed by atoms with E-state index >= 15 is 0 Å². The summed E-state index contributed by atoms with van der Waals surface area (Å²) in [6.07, 6.45) is 1.04. The molecule has 2 aromatic rings. The number of halogens is 1. The van der Waals surface area contributed by atoms with Gasteiger partial charge in [0, 0.05) is 50.3 Å². The Morgan fingerprint density at radius 3 is 2.46 bits per heavy atom. The fourth-order valence-corrected chi connectivity index (χ4v) is 3.76. The molecule has 1 aromatic carbocycles. The second-order valence-corrected chi connectivity index (χ2v) is 7.01. The normalized spacial score (nSPS) is 14.8. The SMILES string of the molecule is CN=C(NCCc1cccs1)N1CCN(c2ccc(OC)cc2)CC1.I. The van der Waals surface area contributed by atoms with Crippen molar-refractivity contribution in [1.82, 2.24) is 10.2 Å². The largest absolute Gasteiger partial charge is 0.497 e. The number of anilines is 1. The molecule has 1 fully saturated rings. The first kappa shape index (κ1) is 20.8. The summed E-state index contributed by atoms with van der Waals surface area (Å²) < 4.78 is 5.23. The fourth-order valence-electron chi connectivity index (χ4n) is 3.05. The van der Waals surface area contributed by atoms with Gasteiger partial charge >= 0.3 is 0 Å². The average molecular weight is 486 g/mol. The monoisotopic (exact) mass is 486 g/mol. The molecule has 0 radical (unpaired) electrons. The van der Waals surface area contributed by atoms with Crippen LogP contribution in [0.2, 0.25) is 0 Å². The molecular weight excluding hydrogens is 459 g/mol. The van der Waals surface area contributed by atoms with E-state index in [1.54, 1.807) is 7.11 Å². The predicted octanol–water partition coefficient (Wildman–Crippen LogP) is 3.31. The first-order chi connectivity index (χ1) is 12.3. The van der Waals surface area contributed by atoms with Crippen LogP contribution in [-0.4, -0.2) is 57.7 Å². The molecule has 1 saturated heterocycles. The average Bonchev–Trinajstić information content (AvgIpc) is 3.19. The summed E-state index contributed by atoms with van der Waals surface area (Å²) in [7, 11) is 3.56. The third kappa shape index (κ3) is 5.51. The lowest BCUT2D eigenvalue weighted by Gasteiger charge is -2.37. The third-order valence-electron chi connectivity index (χ3n) is 4.46. The van der Waals surface area contributed by atoms with Gasteiger partial charge in [-0.25, -0.2) is 0 Å². The van der Waals surface area contributed by atoms with E-state index in [1.807, 2.05) is 30.5 Å². The molecule has 0 aliphatic carbocycles. The van der Waals surface area contributed by atoms with Gasteiger partial charge in [0.25, 0.3) is 0 Å². The van der Waals surface area contributed by atoms with E-state index < -0.39 is 0 Å². The zero-order valence-electron chi connectivity index (χ0n) is 15.4. The topological polar surface area (TPSA) is 40.1 Å².